The fraction of sp³-hybridized carbons (Fsp3) is 0.308. The van der Waals surface area contributed by atoms with Crippen molar-refractivity contribution in [3.05, 3.63) is 47.0 Å². The van der Waals surface area contributed by atoms with Crippen LogP contribution in [-0.2, 0) is 0 Å². The van der Waals surface area contributed by atoms with Crippen molar-refractivity contribution in [1.82, 2.24) is 14.8 Å². The predicted octanol–water partition coefficient (Wildman–Crippen LogP) is 1.84. The minimum Gasteiger partial charge on any atom is -0.368 e. The quantitative estimate of drug-likeness (QED) is 0.891. The third-order valence-corrected chi connectivity index (χ3v) is 2.71. The van der Waals surface area contributed by atoms with Crippen molar-refractivity contribution in [2.75, 3.05) is 5.32 Å². The summed E-state index contributed by atoms with van der Waals surface area (Å²) in [6.45, 7) is 4.21. The van der Waals surface area contributed by atoms with E-state index in [2.05, 4.69) is 29.2 Å². The highest BCUT2D eigenvalue weighted by Gasteiger charge is 2.02. The van der Waals surface area contributed by atoms with Gasteiger partial charge in [0, 0.05) is 18.3 Å². The Morgan fingerprint density at radius 2 is 2.22 bits per heavy atom. The molecular formula is C13H16N4O. The highest BCUT2D eigenvalue weighted by molar-refractivity contribution is 5.40. The van der Waals surface area contributed by atoms with Crippen LogP contribution in [0.1, 0.15) is 20.3 Å². The molecule has 2 aromatic rings. The zero-order valence-electron chi connectivity index (χ0n) is 10.5. The van der Waals surface area contributed by atoms with Gasteiger partial charge in [-0.05, 0) is 31.5 Å². The van der Waals surface area contributed by atoms with E-state index in [0.29, 0.717) is 11.7 Å². The molecule has 0 aromatic carbocycles. The Morgan fingerprint density at radius 3 is 2.83 bits per heavy atom. The molecule has 5 heteroatoms. The Morgan fingerprint density at radius 1 is 1.39 bits per heavy atom. The maximum Gasteiger partial charge on any atom is 0.271 e. The van der Waals surface area contributed by atoms with Crippen LogP contribution >= 0.6 is 0 Å². The van der Waals surface area contributed by atoms with Gasteiger partial charge in [0.15, 0.2) is 0 Å². The molecule has 0 fully saturated rings. The van der Waals surface area contributed by atoms with Crippen LogP contribution < -0.4 is 10.9 Å². The molecule has 0 aliphatic carbocycles. The minimum atomic E-state index is -0.165. The minimum absolute atomic E-state index is 0.165. The summed E-state index contributed by atoms with van der Waals surface area (Å²) in [7, 11) is 0. The lowest BCUT2D eigenvalue weighted by Gasteiger charge is -2.12. The van der Waals surface area contributed by atoms with Gasteiger partial charge in [-0.1, -0.05) is 6.92 Å². The molecule has 1 unspecified atom stereocenters. The molecule has 1 N–H and O–H groups in total. The van der Waals surface area contributed by atoms with Gasteiger partial charge < -0.3 is 5.32 Å². The fourth-order valence-electron chi connectivity index (χ4n) is 1.50. The first kappa shape index (κ1) is 12.3. The normalized spacial score (nSPS) is 12.1. The topological polar surface area (TPSA) is 59.8 Å². The standard InChI is InChI=1S/C13H16N4O/c1-3-10(2)16-12-7-6-11(9-14-12)17-13(18)5-4-8-15-17/h4-10H,3H2,1-2H3,(H,14,16). The van der Waals surface area contributed by atoms with E-state index in [1.807, 2.05) is 12.1 Å². The largest absolute Gasteiger partial charge is 0.368 e. The van der Waals surface area contributed by atoms with Gasteiger partial charge in [0.05, 0.1) is 11.9 Å². The van der Waals surface area contributed by atoms with Gasteiger partial charge in [-0.3, -0.25) is 4.79 Å². The third kappa shape index (κ3) is 2.74. The van der Waals surface area contributed by atoms with Crippen LogP contribution in [-0.4, -0.2) is 20.8 Å². The maximum absolute atomic E-state index is 11.6. The summed E-state index contributed by atoms with van der Waals surface area (Å²) in [6.07, 6.45) is 4.25. The molecule has 0 amide bonds. The van der Waals surface area contributed by atoms with Crippen LogP contribution in [0.15, 0.2) is 41.5 Å². The van der Waals surface area contributed by atoms with Crippen molar-refractivity contribution in [3.8, 4) is 5.69 Å². The van der Waals surface area contributed by atoms with E-state index >= 15 is 0 Å². The van der Waals surface area contributed by atoms with Gasteiger partial charge >= 0.3 is 0 Å². The summed E-state index contributed by atoms with van der Waals surface area (Å²) in [4.78, 5) is 15.9. The second-order valence-electron chi connectivity index (χ2n) is 4.13. The number of aromatic nitrogens is 3. The van der Waals surface area contributed by atoms with Gasteiger partial charge in [-0.2, -0.15) is 9.78 Å². The van der Waals surface area contributed by atoms with Crippen LogP contribution in [0.2, 0.25) is 0 Å². The average Bonchev–Trinajstić information content (AvgIpc) is 2.40. The number of hydrogen-bond acceptors (Lipinski definition) is 4. The first-order valence-corrected chi connectivity index (χ1v) is 5.98. The van der Waals surface area contributed by atoms with E-state index in [0.717, 1.165) is 12.2 Å². The van der Waals surface area contributed by atoms with Gasteiger partial charge in [-0.25, -0.2) is 4.98 Å². The molecule has 2 aromatic heterocycles. The predicted molar refractivity (Wildman–Crippen MR) is 71.0 cm³/mol. The summed E-state index contributed by atoms with van der Waals surface area (Å²) in [5.41, 5.74) is 0.497. The monoisotopic (exact) mass is 244 g/mol. The molecule has 0 aliphatic rings. The van der Waals surface area contributed by atoms with Crippen molar-refractivity contribution in [2.45, 2.75) is 26.3 Å². The van der Waals surface area contributed by atoms with Crippen LogP contribution in [0, 0.1) is 0 Å². The molecule has 94 valence electrons. The maximum atomic E-state index is 11.6. The molecule has 0 spiro atoms. The summed E-state index contributed by atoms with van der Waals surface area (Å²) >= 11 is 0. The number of nitrogens with zero attached hydrogens (tertiary/aromatic N) is 3. The molecule has 2 rings (SSSR count). The molecule has 0 radical (unpaired) electrons. The summed E-state index contributed by atoms with van der Waals surface area (Å²) in [5, 5.41) is 7.26. The van der Waals surface area contributed by atoms with Crippen LogP contribution in [0.5, 0.6) is 0 Å². The van der Waals surface area contributed by atoms with E-state index < -0.39 is 0 Å². The SMILES string of the molecule is CCC(C)Nc1ccc(-n2ncccc2=O)cn1. The Balaban J connectivity index is 2.23. The van der Waals surface area contributed by atoms with Gasteiger partial charge in [0.1, 0.15) is 5.82 Å². The molecule has 0 aliphatic heterocycles. The van der Waals surface area contributed by atoms with Crippen molar-refractivity contribution in [3.63, 3.8) is 0 Å². The number of anilines is 1. The van der Waals surface area contributed by atoms with E-state index in [-0.39, 0.29) is 5.56 Å². The van der Waals surface area contributed by atoms with Gasteiger partial charge in [0.25, 0.3) is 5.56 Å². The summed E-state index contributed by atoms with van der Waals surface area (Å²) in [6, 6.07) is 7.14. The Kier molecular flexibility index (Phi) is 3.72. The van der Waals surface area contributed by atoms with E-state index in [1.54, 1.807) is 18.5 Å². The molecular weight excluding hydrogens is 228 g/mol. The average molecular weight is 244 g/mol. The van der Waals surface area contributed by atoms with Crippen molar-refractivity contribution < 1.29 is 0 Å². The molecule has 1 atom stereocenters. The lowest BCUT2D eigenvalue weighted by atomic mass is 10.2. The smallest absolute Gasteiger partial charge is 0.271 e. The molecule has 5 nitrogen and oxygen atoms in total. The number of hydrogen-bond donors (Lipinski definition) is 1. The molecule has 0 saturated heterocycles. The first-order valence-electron chi connectivity index (χ1n) is 5.98. The Bertz CT molecular complexity index is 562. The fourth-order valence-corrected chi connectivity index (χ4v) is 1.50. The number of nitrogens with one attached hydrogen (secondary N) is 1. The van der Waals surface area contributed by atoms with E-state index in [9.17, 15) is 4.79 Å². The molecule has 0 saturated carbocycles. The lowest BCUT2D eigenvalue weighted by Crippen LogP contribution is -2.19. The zero-order valence-corrected chi connectivity index (χ0v) is 10.5. The van der Waals surface area contributed by atoms with E-state index in [4.69, 9.17) is 0 Å². The molecule has 18 heavy (non-hydrogen) atoms. The zero-order chi connectivity index (χ0) is 13.0. The molecule has 0 bridgehead atoms. The number of pyridine rings is 1. The van der Waals surface area contributed by atoms with Gasteiger partial charge in [0.2, 0.25) is 0 Å². The van der Waals surface area contributed by atoms with Crippen molar-refractivity contribution in [1.29, 1.82) is 0 Å². The third-order valence-electron chi connectivity index (χ3n) is 2.71. The highest BCUT2D eigenvalue weighted by Crippen LogP contribution is 2.09. The van der Waals surface area contributed by atoms with Crippen molar-refractivity contribution >= 4 is 5.82 Å². The number of rotatable bonds is 4. The second kappa shape index (κ2) is 5.44. The Labute approximate surface area is 105 Å². The molecule has 2 heterocycles. The lowest BCUT2D eigenvalue weighted by molar-refractivity contribution is 0.757. The highest BCUT2D eigenvalue weighted by atomic mass is 16.1. The Hall–Kier alpha value is -2.17. The van der Waals surface area contributed by atoms with E-state index in [1.165, 1.54) is 10.7 Å². The summed E-state index contributed by atoms with van der Waals surface area (Å²) < 4.78 is 1.32. The van der Waals surface area contributed by atoms with Gasteiger partial charge in [-0.15, -0.1) is 0 Å². The van der Waals surface area contributed by atoms with Crippen molar-refractivity contribution in [2.24, 2.45) is 0 Å². The first-order chi connectivity index (χ1) is 8.70. The van der Waals surface area contributed by atoms with Crippen LogP contribution in [0.4, 0.5) is 5.82 Å². The second-order valence-corrected chi connectivity index (χ2v) is 4.13. The van der Waals surface area contributed by atoms with Crippen LogP contribution in [0.3, 0.4) is 0 Å². The summed E-state index contributed by atoms with van der Waals surface area (Å²) in [5.74, 6) is 0.803. The van der Waals surface area contributed by atoms with Crippen LogP contribution in [0.25, 0.3) is 5.69 Å².